The molecule has 0 saturated carbocycles. The summed E-state index contributed by atoms with van der Waals surface area (Å²) in [6, 6.07) is 5.07. The number of hydrogen-bond donors (Lipinski definition) is 1. The molecule has 82 valence electrons. The van der Waals surface area contributed by atoms with E-state index in [9.17, 15) is 0 Å². The van der Waals surface area contributed by atoms with Gasteiger partial charge in [0.1, 0.15) is 11.9 Å². The molecular weight excluding hydrogens is 253 g/mol. The van der Waals surface area contributed by atoms with Crippen LogP contribution in [-0.2, 0) is 0 Å². The minimum atomic E-state index is -0.0961. The molecule has 0 bridgehead atoms. The third-order valence-electron chi connectivity index (χ3n) is 1.71. The van der Waals surface area contributed by atoms with Crippen LogP contribution in [0.4, 0.5) is 0 Å². The SMILES string of the molecule is CC(CC(N)=S)Oc1ccc(Cl)cc1Cl. The summed E-state index contributed by atoms with van der Waals surface area (Å²) < 4.78 is 5.55. The Morgan fingerprint density at radius 1 is 1.53 bits per heavy atom. The van der Waals surface area contributed by atoms with Gasteiger partial charge in [0, 0.05) is 11.4 Å². The monoisotopic (exact) mass is 263 g/mol. The average Bonchev–Trinajstić information content (AvgIpc) is 2.08. The van der Waals surface area contributed by atoms with E-state index in [1.165, 1.54) is 0 Å². The first-order valence-electron chi connectivity index (χ1n) is 4.39. The molecule has 0 amide bonds. The van der Waals surface area contributed by atoms with Crippen LogP contribution in [0.5, 0.6) is 5.75 Å². The summed E-state index contributed by atoms with van der Waals surface area (Å²) in [5, 5.41) is 1.06. The van der Waals surface area contributed by atoms with E-state index in [2.05, 4.69) is 0 Å². The second kappa shape index (κ2) is 5.54. The average molecular weight is 264 g/mol. The fraction of sp³-hybridized carbons (Fsp3) is 0.300. The van der Waals surface area contributed by atoms with Gasteiger partial charge in [0.15, 0.2) is 0 Å². The van der Waals surface area contributed by atoms with Gasteiger partial charge in [-0.15, -0.1) is 0 Å². The van der Waals surface area contributed by atoms with Crippen molar-refractivity contribution in [2.45, 2.75) is 19.4 Å². The maximum Gasteiger partial charge on any atom is 0.138 e. The summed E-state index contributed by atoms with van der Waals surface area (Å²) in [4.78, 5) is 0.424. The largest absolute Gasteiger partial charge is 0.489 e. The first-order chi connectivity index (χ1) is 6.99. The maximum atomic E-state index is 5.94. The molecule has 0 fully saturated rings. The van der Waals surface area contributed by atoms with Crippen molar-refractivity contribution in [3.05, 3.63) is 28.2 Å². The number of benzene rings is 1. The predicted molar refractivity (Wildman–Crippen MR) is 68.0 cm³/mol. The lowest BCUT2D eigenvalue weighted by Crippen LogP contribution is -2.20. The molecule has 0 heterocycles. The fourth-order valence-corrected chi connectivity index (χ4v) is 1.80. The highest BCUT2D eigenvalue weighted by Gasteiger charge is 2.08. The zero-order chi connectivity index (χ0) is 11.4. The highest BCUT2D eigenvalue weighted by atomic mass is 35.5. The molecule has 0 aliphatic rings. The zero-order valence-corrected chi connectivity index (χ0v) is 10.5. The molecule has 0 radical (unpaired) electrons. The Kier molecular flexibility index (Phi) is 4.64. The number of nitrogens with two attached hydrogens (primary N) is 1. The molecule has 1 unspecified atom stereocenters. The molecule has 1 aromatic carbocycles. The molecule has 0 saturated heterocycles. The van der Waals surface area contributed by atoms with Crippen LogP contribution in [0.25, 0.3) is 0 Å². The van der Waals surface area contributed by atoms with Gasteiger partial charge in [-0.25, -0.2) is 0 Å². The summed E-state index contributed by atoms with van der Waals surface area (Å²) in [6.45, 7) is 1.88. The normalized spacial score (nSPS) is 12.2. The Bertz CT molecular complexity index is 370. The third-order valence-corrected chi connectivity index (χ3v) is 2.41. The number of hydrogen-bond acceptors (Lipinski definition) is 2. The van der Waals surface area contributed by atoms with E-state index in [4.69, 9.17) is 45.9 Å². The van der Waals surface area contributed by atoms with Crippen LogP contribution in [0.15, 0.2) is 18.2 Å². The zero-order valence-electron chi connectivity index (χ0n) is 8.17. The molecule has 1 atom stereocenters. The fourth-order valence-electron chi connectivity index (χ4n) is 1.11. The van der Waals surface area contributed by atoms with Crippen molar-refractivity contribution in [1.29, 1.82) is 0 Å². The van der Waals surface area contributed by atoms with Crippen LogP contribution in [0, 0.1) is 0 Å². The molecule has 15 heavy (non-hydrogen) atoms. The Hall–Kier alpha value is -0.510. The standard InChI is InChI=1S/C10H11Cl2NOS/c1-6(4-10(13)15)14-9-3-2-7(11)5-8(9)12/h2-3,5-6H,4H2,1H3,(H2,13,15). The summed E-state index contributed by atoms with van der Waals surface area (Å²) >= 11 is 16.5. The number of ether oxygens (including phenoxy) is 1. The molecule has 2 N–H and O–H groups in total. The molecule has 5 heteroatoms. The smallest absolute Gasteiger partial charge is 0.138 e. The Morgan fingerprint density at radius 2 is 2.20 bits per heavy atom. The van der Waals surface area contributed by atoms with Crippen molar-refractivity contribution >= 4 is 40.4 Å². The van der Waals surface area contributed by atoms with Crippen molar-refractivity contribution in [3.8, 4) is 5.75 Å². The molecule has 1 rings (SSSR count). The lowest BCUT2D eigenvalue weighted by atomic mass is 10.3. The third kappa shape index (κ3) is 4.24. The van der Waals surface area contributed by atoms with Crippen LogP contribution < -0.4 is 10.5 Å². The lowest BCUT2D eigenvalue weighted by molar-refractivity contribution is 0.230. The lowest BCUT2D eigenvalue weighted by Gasteiger charge is -2.14. The van der Waals surface area contributed by atoms with Crippen molar-refractivity contribution in [3.63, 3.8) is 0 Å². The molecule has 0 aliphatic carbocycles. The summed E-state index contributed by atoms with van der Waals surface area (Å²) in [6.07, 6.45) is 0.426. The van der Waals surface area contributed by atoms with Crippen molar-refractivity contribution in [2.75, 3.05) is 0 Å². The molecule has 2 nitrogen and oxygen atoms in total. The van der Waals surface area contributed by atoms with Crippen LogP contribution >= 0.6 is 35.4 Å². The van der Waals surface area contributed by atoms with E-state index >= 15 is 0 Å². The molecular formula is C10H11Cl2NOS. The first kappa shape index (κ1) is 12.6. The van der Waals surface area contributed by atoms with Gasteiger partial charge in [-0.1, -0.05) is 35.4 Å². The quantitative estimate of drug-likeness (QED) is 0.846. The second-order valence-corrected chi connectivity index (χ2v) is 4.54. The van der Waals surface area contributed by atoms with Gasteiger partial charge in [0.2, 0.25) is 0 Å². The molecule has 0 spiro atoms. The topological polar surface area (TPSA) is 35.2 Å². The highest BCUT2D eigenvalue weighted by Crippen LogP contribution is 2.28. The van der Waals surface area contributed by atoms with E-state index in [1.807, 2.05) is 6.92 Å². The van der Waals surface area contributed by atoms with Gasteiger partial charge in [0.25, 0.3) is 0 Å². The van der Waals surface area contributed by atoms with Gasteiger partial charge < -0.3 is 10.5 Å². The van der Waals surface area contributed by atoms with Crippen molar-refractivity contribution < 1.29 is 4.74 Å². The minimum Gasteiger partial charge on any atom is -0.489 e. The molecule has 1 aromatic rings. The number of rotatable bonds is 4. The van der Waals surface area contributed by atoms with Crippen LogP contribution in [0.3, 0.4) is 0 Å². The van der Waals surface area contributed by atoms with E-state index in [1.54, 1.807) is 18.2 Å². The van der Waals surface area contributed by atoms with Crippen LogP contribution in [0.1, 0.15) is 13.3 Å². The van der Waals surface area contributed by atoms with Crippen LogP contribution in [-0.4, -0.2) is 11.1 Å². The molecule has 0 aromatic heterocycles. The minimum absolute atomic E-state index is 0.0961. The van der Waals surface area contributed by atoms with Gasteiger partial charge in [-0.2, -0.15) is 0 Å². The molecule has 0 aliphatic heterocycles. The highest BCUT2D eigenvalue weighted by molar-refractivity contribution is 7.80. The van der Waals surface area contributed by atoms with Gasteiger partial charge in [-0.3, -0.25) is 0 Å². The van der Waals surface area contributed by atoms with E-state index < -0.39 is 0 Å². The number of thiocarbonyl (C=S) groups is 1. The summed E-state index contributed by atoms with van der Waals surface area (Å²) in [7, 11) is 0. The van der Waals surface area contributed by atoms with Crippen LogP contribution in [0.2, 0.25) is 10.0 Å². The summed E-state index contributed by atoms with van der Waals surface area (Å²) in [5.41, 5.74) is 5.41. The van der Waals surface area contributed by atoms with Gasteiger partial charge in [0.05, 0.1) is 10.0 Å². The first-order valence-corrected chi connectivity index (χ1v) is 5.55. The van der Waals surface area contributed by atoms with Gasteiger partial charge in [-0.05, 0) is 25.1 Å². The van der Waals surface area contributed by atoms with Gasteiger partial charge >= 0.3 is 0 Å². The summed E-state index contributed by atoms with van der Waals surface area (Å²) in [5.74, 6) is 0.588. The predicted octanol–water partition coefficient (Wildman–Crippen LogP) is 3.44. The van der Waals surface area contributed by atoms with E-state index in [0.717, 1.165) is 0 Å². The van der Waals surface area contributed by atoms with Crippen molar-refractivity contribution in [2.24, 2.45) is 5.73 Å². The Labute approximate surface area is 104 Å². The maximum absolute atomic E-state index is 5.94. The van der Waals surface area contributed by atoms with E-state index in [-0.39, 0.29) is 6.10 Å². The number of halogens is 2. The second-order valence-electron chi connectivity index (χ2n) is 3.17. The Morgan fingerprint density at radius 3 is 2.73 bits per heavy atom. The van der Waals surface area contributed by atoms with E-state index in [0.29, 0.717) is 27.2 Å². The van der Waals surface area contributed by atoms with Crippen molar-refractivity contribution in [1.82, 2.24) is 0 Å². The Balaban J connectivity index is 2.68.